The maximum Gasteiger partial charge on any atom is 0.300 e. The molecule has 3 heteroatoms. The largest absolute Gasteiger partial charge is 0.346 e. The van der Waals surface area contributed by atoms with Gasteiger partial charge in [-0.1, -0.05) is 25.1 Å². The first-order valence-corrected chi connectivity index (χ1v) is 5.35. The van der Waals surface area contributed by atoms with Crippen molar-refractivity contribution in [3.05, 3.63) is 46.3 Å². The highest BCUT2D eigenvalue weighted by atomic mass is 16.1. The van der Waals surface area contributed by atoms with Crippen molar-refractivity contribution in [2.75, 3.05) is 6.54 Å². The van der Waals surface area contributed by atoms with Gasteiger partial charge < -0.3 is 10.2 Å². The molecule has 0 atom stereocenters. The molecular weight excluding hydrogens is 200 g/mol. The minimum Gasteiger partial charge on any atom is -0.346 e. The van der Waals surface area contributed by atoms with E-state index in [0.29, 0.717) is 6.54 Å². The molecule has 1 rings (SSSR count). The molecule has 0 bridgehead atoms. The number of nitrogens with zero attached hydrogens (tertiary/aromatic N) is 1. The van der Waals surface area contributed by atoms with Crippen LogP contribution in [0.3, 0.4) is 0 Å². The highest BCUT2D eigenvalue weighted by Crippen LogP contribution is 2.11. The normalized spacial score (nSPS) is 9.56. The molecule has 3 nitrogen and oxygen atoms in total. The molecule has 0 saturated heterocycles. The Labute approximate surface area is 96.3 Å². The van der Waals surface area contributed by atoms with Gasteiger partial charge in [-0.25, -0.2) is 6.57 Å². The minimum absolute atomic E-state index is 0.0912. The molecule has 1 aromatic carbocycles. The van der Waals surface area contributed by atoms with Gasteiger partial charge in [-0.05, 0) is 30.0 Å². The standard InChI is InChI=1S/C13H16N2O/c1-4-11-5-6-12(10(2)7-11)8-15-13(16)9-14-3/h5-7H,4,8-9H2,1-2H3,(H,15,16). The molecule has 1 N–H and O–H groups in total. The SMILES string of the molecule is [C-]#[N+]CC(=O)NCc1ccc(CC)cc1C. The van der Waals surface area contributed by atoms with Crippen LogP contribution < -0.4 is 5.32 Å². The van der Waals surface area contributed by atoms with Gasteiger partial charge in [0.25, 0.3) is 12.5 Å². The molecular formula is C13H16N2O. The van der Waals surface area contributed by atoms with Gasteiger partial charge in [-0.3, -0.25) is 4.79 Å². The molecule has 16 heavy (non-hydrogen) atoms. The predicted octanol–water partition coefficient (Wildman–Crippen LogP) is 2.09. The molecule has 1 amide bonds. The lowest BCUT2D eigenvalue weighted by molar-refractivity contribution is -0.119. The highest BCUT2D eigenvalue weighted by molar-refractivity contribution is 5.79. The summed E-state index contributed by atoms with van der Waals surface area (Å²) in [4.78, 5) is 14.2. The topological polar surface area (TPSA) is 33.5 Å². The molecule has 1 aromatic rings. The Morgan fingerprint density at radius 1 is 1.50 bits per heavy atom. The molecule has 0 fully saturated rings. The molecule has 0 aliphatic carbocycles. The van der Waals surface area contributed by atoms with E-state index in [4.69, 9.17) is 6.57 Å². The van der Waals surface area contributed by atoms with Gasteiger partial charge in [-0.15, -0.1) is 0 Å². The number of rotatable bonds is 4. The third kappa shape index (κ3) is 3.39. The van der Waals surface area contributed by atoms with Gasteiger partial charge in [-0.2, -0.15) is 0 Å². The van der Waals surface area contributed by atoms with E-state index in [2.05, 4.69) is 29.2 Å². The Morgan fingerprint density at radius 2 is 2.25 bits per heavy atom. The van der Waals surface area contributed by atoms with Crippen LogP contribution in [-0.2, 0) is 17.8 Å². The quantitative estimate of drug-likeness (QED) is 0.768. The lowest BCUT2D eigenvalue weighted by Crippen LogP contribution is -2.24. The molecule has 0 aliphatic rings. The van der Waals surface area contributed by atoms with Crippen LogP contribution in [0.2, 0.25) is 0 Å². The van der Waals surface area contributed by atoms with E-state index in [0.717, 1.165) is 12.0 Å². The smallest absolute Gasteiger partial charge is 0.300 e. The summed E-state index contributed by atoms with van der Waals surface area (Å²) in [6.45, 7) is 11.1. The zero-order valence-corrected chi connectivity index (χ0v) is 9.71. The molecule has 0 radical (unpaired) electrons. The number of hydrogen-bond acceptors (Lipinski definition) is 1. The zero-order valence-electron chi connectivity index (χ0n) is 9.71. The summed E-state index contributed by atoms with van der Waals surface area (Å²) in [5, 5.41) is 2.73. The van der Waals surface area contributed by atoms with Gasteiger partial charge in [0.1, 0.15) is 0 Å². The second-order valence-electron chi connectivity index (χ2n) is 3.71. The van der Waals surface area contributed by atoms with Crippen molar-refractivity contribution in [1.29, 1.82) is 0 Å². The highest BCUT2D eigenvalue weighted by Gasteiger charge is 2.04. The zero-order chi connectivity index (χ0) is 12.0. The third-order valence-corrected chi connectivity index (χ3v) is 2.51. The van der Waals surface area contributed by atoms with Gasteiger partial charge in [0.2, 0.25) is 0 Å². The maximum atomic E-state index is 11.1. The van der Waals surface area contributed by atoms with Gasteiger partial charge in [0.05, 0.1) is 0 Å². The van der Waals surface area contributed by atoms with Crippen molar-refractivity contribution >= 4 is 5.91 Å². The van der Waals surface area contributed by atoms with E-state index in [1.165, 1.54) is 11.1 Å². The van der Waals surface area contributed by atoms with Crippen LogP contribution in [0.25, 0.3) is 4.85 Å². The van der Waals surface area contributed by atoms with E-state index in [1.807, 2.05) is 13.0 Å². The number of carbonyl (C=O) groups is 1. The number of hydrogen-bond donors (Lipinski definition) is 1. The Morgan fingerprint density at radius 3 is 2.81 bits per heavy atom. The molecule has 0 heterocycles. The number of nitrogens with one attached hydrogen (secondary N) is 1. The van der Waals surface area contributed by atoms with Crippen LogP contribution in [0.5, 0.6) is 0 Å². The first kappa shape index (κ1) is 12.3. The van der Waals surface area contributed by atoms with Crippen molar-refractivity contribution in [1.82, 2.24) is 5.32 Å². The fourth-order valence-electron chi connectivity index (χ4n) is 1.50. The van der Waals surface area contributed by atoms with Crippen LogP contribution >= 0.6 is 0 Å². The Kier molecular flexibility index (Phi) is 4.53. The first-order valence-electron chi connectivity index (χ1n) is 5.35. The lowest BCUT2D eigenvalue weighted by Gasteiger charge is -2.07. The van der Waals surface area contributed by atoms with E-state index >= 15 is 0 Å². The Bertz CT molecular complexity index is 418. The third-order valence-electron chi connectivity index (χ3n) is 2.51. The molecule has 0 aromatic heterocycles. The van der Waals surface area contributed by atoms with Crippen molar-refractivity contribution in [3.8, 4) is 0 Å². The molecule has 0 aliphatic heterocycles. The average Bonchev–Trinajstić information content (AvgIpc) is 2.27. The summed E-state index contributed by atoms with van der Waals surface area (Å²) in [7, 11) is 0. The van der Waals surface area contributed by atoms with Gasteiger partial charge in [0, 0.05) is 6.54 Å². The second-order valence-corrected chi connectivity index (χ2v) is 3.71. The molecule has 0 saturated carbocycles. The summed E-state index contributed by atoms with van der Waals surface area (Å²) >= 11 is 0. The maximum absolute atomic E-state index is 11.1. The van der Waals surface area contributed by atoms with E-state index < -0.39 is 0 Å². The van der Waals surface area contributed by atoms with E-state index in [1.54, 1.807) is 0 Å². The summed E-state index contributed by atoms with van der Waals surface area (Å²) in [5.41, 5.74) is 3.59. The number of aryl methyl sites for hydroxylation is 2. The fourth-order valence-corrected chi connectivity index (χ4v) is 1.50. The summed E-state index contributed by atoms with van der Waals surface area (Å²) in [5.74, 6) is -0.214. The van der Waals surface area contributed by atoms with Crippen molar-refractivity contribution in [2.24, 2.45) is 0 Å². The van der Waals surface area contributed by atoms with Crippen molar-refractivity contribution in [2.45, 2.75) is 26.8 Å². The van der Waals surface area contributed by atoms with E-state index in [-0.39, 0.29) is 12.5 Å². The number of amides is 1. The van der Waals surface area contributed by atoms with Crippen LogP contribution in [0.4, 0.5) is 0 Å². The van der Waals surface area contributed by atoms with Crippen LogP contribution in [0, 0.1) is 13.5 Å². The van der Waals surface area contributed by atoms with Crippen LogP contribution in [0.15, 0.2) is 18.2 Å². The van der Waals surface area contributed by atoms with Crippen LogP contribution in [0.1, 0.15) is 23.6 Å². The van der Waals surface area contributed by atoms with Crippen molar-refractivity contribution < 1.29 is 4.79 Å². The number of carbonyl (C=O) groups excluding carboxylic acids is 1. The average molecular weight is 216 g/mol. The molecule has 84 valence electrons. The predicted molar refractivity (Wildman–Crippen MR) is 63.9 cm³/mol. The van der Waals surface area contributed by atoms with Gasteiger partial charge in [0.15, 0.2) is 0 Å². The Hall–Kier alpha value is -1.82. The van der Waals surface area contributed by atoms with Gasteiger partial charge >= 0.3 is 0 Å². The molecule has 0 spiro atoms. The lowest BCUT2D eigenvalue weighted by atomic mass is 10.0. The minimum atomic E-state index is -0.214. The summed E-state index contributed by atoms with van der Waals surface area (Å²) in [6.07, 6.45) is 1.02. The summed E-state index contributed by atoms with van der Waals surface area (Å²) < 4.78 is 0. The van der Waals surface area contributed by atoms with Crippen LogP contribution in [-0.4, -0.2) is 12.5 Å². The fraction of sp³-hybridized carbons (Fsp3) is 0.385. The monoisotopic (exact) mass is 216 g/mol. The molecule has 0 unspecified atom stereocenters. The Balaban J connectivity index is 2.61. The first-order chi connectivity index (χ1) is 7.67. The van der Waals surface area contributed by atoms with E-state index in [9.17, 15) is 4.79 Å². The summed E-state index contributed by atoms with van der Waals surface area (Å²) in [6, 6.07) is 6.24. The number of benzene rings is 1. The second kappa shape index (κ2) is 5.92. The van der Waals surface area contributed by atoms with Crippen molar-refractivity contribution in [3.63, 3.8) is 0 Å².